The van der Waals surface area contributed by atoms with Gasteiger partial charge in [0.05, 0.1) is 0 Å². The molecule has 0 amide bonds. The fourth-order valence-corrected chi connectivity index (χ4v) is 4.75. The van der Waals surface area contributed by atoms with Gasteiger partial charge in [0.1, 0.15) is 11.3 Å². The summed E-state index contributed by atoms with van der Waals surface area (Å²) in [5, 5.41) is 22.2. The van der Waals surface area contributed by atoms with E-state index in [1.807, 2.05) is 60.7 Å². The van der Waals surface area contributed by atoms with Crippen molar-refractivity contribution in [3.8, 4) is 5.75 Å². The van der Waals surface area contributed by atoms with Gasteiger partial charge in [-0.05, 0) is 36.0 Å². The van der Waals surface area contributed by atoms with Crippen LogP contribution in [0.3, 0.4) is 0 Å². The van der Waals surface area contributed by atoms with Crippen LogP contribution in [0, 0.1) is 0 Å². The first-order chi connectivity index (χ1) is 11.2. The maximum absolute atomic E-state index is 11.3. The van der Waals surface area contributed by atoms with Gasteiger partial charge < -0.3 is 10.2 Å². The van der Waals surface area contributed by atoms with Crippen molar-refractivity contribution in [2.24, 2.45) is 0 Å². The lowest BCUT2D eigenvalue weighted by atomic mass is 10.2. The number of carboxylic acid groups (broad SMARTS) is 1. The number of rotatable bonds is 4. The summed E-state index contributed by atoms with van der Waals surface area (Å²) in [6.45, 7) is 0. The minimum atomic E-state index is -1.12. The lowest BCUT2D eigenvalue weighted by Gasteiger charge is -2.19. The zero-order valence-electron chi connectivity index (χ0n) is 12.3. The predicted octanol–water partition coefficient (Wildman–Crippen LogP) is 2.85. The highest BCUT2D eigenvalue weighted by Crippen LogP contribution is 2.34. The molecule has 0 atom stereocenters. The second-order valence-electron chi connectivity index (χ2n) is 5.01. The highest BCUT2D eigenvalue weighted by atomic mass is 31.1. The molecule has 0 aliphatic carbocycles. The third kappa shape index (κ3) is 3.25. The standard InChI is InChI=1S/C19H15O3P/c20-18-12-11-16(13-17(18)19(21)22)23(14-7-3-1-4-8-14)15-9-5-2-6-10-15/h1-13,20H,(H,21,22). The van der Waals surface area contributed by atoms with Crippen molar-refractivity contribution in [1.82, 2.24) is 0 Å². The van der Waals surface area contributed by atoms with Crippen LogP contribution in [-0.2, 0) is 0 Å². The Kier molecular flexibility index (Phi) is 4.40. The van der Waals surface area contributed by atoms with E-state index in [0.29, 0.717) is 0 Å². The van der Waals surface area contributed by atoms with Crippen molar-refractivity contribution >= 4 is 29.8 Å². The molecule has 0 saturated heterocycles. The maximum Gasteiger partial charge on any atom is 0.339 e. The van der Waals surface area contributed by atoms with E-state index in [2.05, 4.69) is 0 Å². The second-order valence-corrected chi connectivity index (χ2v) is 7.23. The van der Waals surface area contributed by atoms with Crippen LogP contribution >= 0.6 is 7.92 Å². The molecule has 0 bridgehead atoms. The highest BCUT2D eigenvalue weighted by Gasteiger charge is 2.19. The molecule has 3 aromatic rings. The fourth-order valence-electron chi connectivity index (χ4n) is 2.44. The summed E-state index contributed by atoms with van der Waals surface area (Å²) in [5.41, 5.74) is -0.0677. The van der Waals surface area contributed by atoms with Crippen LogP contribution in [0.1, 0.15) is 10.4 Å². The third-order valence-corrected chi connectivity index (χ3v) is 5.92. The van der Waals surface area contributed by atoms with Crippen LogP contribution < -0.4 is 15.9 Å². The number of carboxylic acids is 1. The largest absolute Gasteiger partial charge is 0.507 e. The Morgan fingerprint density at radius 2 is 1.26 bits per heavy atom. The van der Waals surface area contributed by atoms with Gasteiger partial charge in [-0.1, -0.05) is 66.7 Å². The first kappa shape index (κ1) is 15.3. The summed E-state index contributed by atoms with van der Waals surface area (Å²) in [7, 11) is -0.874. The molecule has 3 nitrogen and oxygen atoms in total. The van der Waals surface area contributed by atoms with E-state index >= 15 is 0 Å². The Bertz CT molecular complexity index is 777. The molecule has 2 N–H and O–H groups in total. The Labute approximate surface area is 135 Å². The van der Waals surface area contributed by atoms with Crippen LogP contribution in [-0.4, -0.2) is 16.2 Å². The van der Waals surface area contributed by atoms with E-state index in [0.717, 1.165) is 15.9 Å². The monoisotopic (exact) mass is 322 g/mol. The molecular formula is C19H15O3P. The summed E-state index contributed by atoms with van der Waals surface area (Å²) in [6, 6.07) is 24.9. The van der Waals surface area contributed by atoms with Crippen LogP contribution in [0.2, 0.25) is 0 Å². The zero-order chi connectivity index (χ0) is 16.2. The normalized spacial score (nSPS) is 10.7. The summed E-state index contributed by atoms with van der Waals surface area (Å²) in [4.78, 5) is 11.3. The molecule has 0 unspecified atom stereocenters. The number of phenols is 1. The summed E-state index contributed by atoms with van der Waals surface area (Å²) < 4.78 is 0. The number of hydrogen-bond acceptors (Lipinski definition) is 2. The number of aromatic hydroxyl groups is 1. The molecule has 0 fully saturated rings. The number of carbonyl (C=O) groups is 1. The Balaban J connectivity index is 2.17. The van der Waals surface area contributed by atoms with Gasteiger partial charge in [0.15, 0.2) is 0 Å². The molecule has 23 heavy (non-hydrogen) atoms. The molecule has 3 rings (SSSR count). The molecule has 0 spiro atoms. The van der Waals surface area contributed by atoms with Crippen LogP contribution in [0.25, 0.3) is 0 Å². The Morgan fingerprint density at radius 3 is 1.74 bits per heavy atom. The maximum atomic E-state index is 11.3. The van der Waals surface area contributed by atoms with E-state index < -0.39 is 13.9 Å². The van der Waals surface area contributed by atoms with E-state index in [1.54, 1.807) is 12.1 Å². The van der Waals surface area contributed by atoms with Crippen LogP contribution in [0.15, 0.2) is 78.9 Å². The third-order valence-electron chi connectivity index (χ3n) is 3.50. The van der Waals surface area contributed by atoms with Gasteiger partial charge in [-0.3, -0.25) is 0 Å². The van der Waals surface area contributed by atoms with Crippen molar-refractivity contribution < 1.29 is 15.0 Å². The topological polar surface area (TPSA) is 57.5 Å². The fraction of sp³-hybridized carbons (Fsp3) is 0. The van der Waals surface area contributed by atoms with E-state index in [4.69, 9.17) is 0 Å². The molecule has 0 heterocycles. The molecule has 0 aliphatic heterocycles. The Morgan fingerprint density at radius 1 is 0.739 bits per heavy atom. The smallest absolute Gasteiger partial charge is 0.339 e. The van der Waals surface area contributed by atoms with Crippen molar-refractivity contribution in [1.29, 1.82) is 0 Å². The lowest BCUT2D eigenvalue weighted by Crippen LogP contribution is -2.21. The molecule has 114 valence electrons. The SMILES string of the molecule is O=C(O)c1cc(P(c2ccccc2)c2ccccc2)ccc1O. The van der Waals surface area contributed by atoms with Gasteiger partial charge in [0.2, 0.25) is 0 Å². The summed E-state index contributed by atoms with van der Waals surface area (Å²) in [6.07, 6.45) is 0. The van der Waals surface area contributed by atoms with Crippen molar-refractivity contribution in [3.05, 3.63) is 84.4 Å². The van der Waals surface area contributed by atoms with Gasteiger partial charge in [0.25, 0.3) is 0 Å². The quantitative estimate of drug-likeness (QED) is 0.726. The summed E-state index contributed by atoms with van der Waals surface area (Å²) in [5.74, 6) is -1.34. The summed E-state index contributed by atoms with van der Waals surface area (Å²) >= 11 is 0. The van der Waals surface area contributed by atoms with E-state index in [-0.39, 0.29) is 11.3 Å². The number of benzene rings is 3. The first-order valence-corrected chi connectivity index (χ1v) is 8.47. The number of hydrogen-bond donors (Lipinski definition) is 2. The Hall–Kier alpha value is -2.64. The zero-order valence-corrected chi connectivity index (χ0v) is 13.1. The molecule has 0 radical (unpaired) electrons. The molecule has 0 aromatic heterocycles. The molecule has 0 saturated carbocycles. The predicted molar refractivity (Wildman–Crippen MR) is 93.8 cm³/mol. The molecule has 4 heteroatoms. The first-order valence-electron chi connectivity index (χ1n) is 7.13. The van der Waals surface area contributed by atoms with Gasteiger partial charge in [-0.2, -0.15) is 0 Å². The van der Waals surface area contributed by atoms with E-state index in [9.17, 15) is 15.0 Å². The van der Waals surface area contributed by atoms with Gasteiger partial charge in [-0.15, -0.1) is 0 Å². The second kappa shape index (κ2) is 6.64. The minimum absolute atomic E-state index is 0.0677. The van der Waals surface area contributed by atoms with E-state index in [1.165, 1.54) is 6.07 Å². The van der Waals surface area contributed by atoms with Crippen LogP contribution in [0.5, 0.6) is 5.75 Å². The average molecular weight is 322 g/mol. The van der Waals surface area contributed by atoms with Crippen LogP contribution in [0.4, 0.5) is 0 Å². The van der Waals surface area contributed by atoms with Gasteiger partial charge in [0, 0.05) is 0 Å². The average Bonchev–Trinajstić information content (AvgIpc) is 2.58. The molecule has 3 aromatic carbocycles. The van der Waals surface area contributed by atoms with Crippen molar-refractivity contribution in [2.45, 2.75) is 0 Å². The minimum Gasteiger partial charge on any atom is -0.507 e. The van der Waals surface area contributed by atoms with Crippen molar-refractivity contribution in [3.63, 3.8) is 0 Å². The van der Waals surface area contributed by atoms with Crippen molar-refractivity contribution in [2.75, 3.05) is 0 Å². The molecular weight excluding hydrogens is 307 g/mol. The lowest BCUT2D eigenvalue weighted by molar-refractivity contribution is 0.0694. The van der Waals surface area contributed by atoms with Gasteiger partial charge >= 0.3 is 5.97 Å². The highest BCUT2D eigenvalue weighted by molar-refractivity contribution is 7.79. The molecule has 0 aliphatic rings. The number of aromatic carboxylic acids is 1. The van der Waals surface area contributed by atoms with Gasteiger partial charge in [-0.25, -0.2) is 4.79 Å².